The van der Waals surface area contributed by atoms with Crippen LogP contribution in [-0.2, 0) is 13.1 Å². The number of carbonyl (C=O) groups excluding carboxylic acids is 1. The maximum Gasteiger partial charge on any atom is 0.284 e. The molecule has 2 aromatic carbocycles. The number of hydrogen-bond acceptors (Lipinski definition) is 6. The molecule has 0 N–H and O–H groups in total. The van der Waals surface area contributed by atoms with Crippen LogP contribution < -0.4 is 10.3 Å². The predicted octanol–water partition coefficient (Wildman–Crippen LogP) is 2.81. The van der Waals surface area contributed by atoms with E-state index in [-0.39, 0.29) is 18.1 Å². The number of carbonyl (C=O) groups is 1. The molecule has 178 valence electrons. The van der Waals surface area contributed by atoms with E-state index in [0.717, 1.165) is 25.2 Å². The highest BCUT2D eigenvalue weighted by molar-refractivity contribution is 5.93. The van der Waals surface area contributed by atoms with Crippen molar-refractivity contribution in [2.24, 2.45) is 0 Å². The topological polar surface area (TPSA) is 80.6 Å². The third-order valence-electron chi connectivity index (χ3n) is 6.33. The summed E-state index contributed by atoms with van der Waals surface area (Å²) < 4.78 is 6.98. The Morgan fingerprint density at radius 2 is 1.66 bits per heavy atom. The summed E-state index contributed by atoms with van der Waals surface area (Å²) in [5, 5.41) is 0. The molecule has 1 saturated heterocycles. The number of rotatable bonds is 6. The molecule has 0 bridgehead atoms. The normalized spacial score (nSPS) is 14.3. The number of para-hydroxylation sites is 1. The lowest BCUT2D eigenvalue weighted by molar-refractivity contribution is 0.0620. The lowest BCUT2D eigenvalue weighted by atomic mass is 10.2. The number of ether oxygens (including phenoxy) is 1. The largest absolute Gasteiger partial charge is 0.496 e. The Kier molecular flexibility index (Phi) is 6.54. The van der Waals surface area contributed by atoms with Crippen LogP contribution in [0.4, 0.5) is 0 Å². The van der Waals surface area contributed by atoms with E-state index >= 15 is 0 Å². The lowest BCUT2D eigenvalue weighted by Gasteiger charge is -2.34. The summed E-state index contributed by atoms with van der Waals surface area (Å²) in [6.07, 6.45) is 1.62. The van der Waals surface area contributed by atoms with Gasteiger partial charge in [-0.25, -0.2) is 9.97 Å². The molecule has 0 unspecified atom stereocenters. The Hall–Kier alpha value is -4.04. The molecule has 1 aliphatic rings. The van der Waals surface area contributed by atoms with Crippen molar-refractivity contribution in [3.63, 3.8) is 0 Å². The average molecular weight is 470 g/mol. The minimum Gasteiger partial charge on any atom is -0.496 e. The van der Waals surface area contributed by atoms with Gasteiger partial charge in [-0.1, -0.05) is 48.5 Å². The van der Waals surface area contributed by atoms with Gasteiger partial charge in [-0.05, 0) is 23.8 Å². The molecule has 2 aromatic heterocycles. The summed E-state index contributed by atoms with van der Waals surface area (Å²) in [4.78, 5) is 39.9. The molecular formula is C27H27N5O3. The maximum absolute atomic E-state index is 13.5. The van der Waals surface area contributed by atoms with Crippen LogP contribution in [0.25, 0.3) is 11.2 Å². The van der Waals surface area contributed by atoms with Gasteiger partial charge < -0.3 is 9.64 Å². The zero-order valence-corrected chi connectivity index (χ0v) is 19.6. The molecular weight excluding hydrogens is 442 g/mol. The Morgan fingerprint density at radius 1 is 0.914 bits per heavy atom. The molecule has 4 aromatic rings. The van der Waals surface area contributed by atoms with E-state index in [1.165, 1.54) is 10.1 Å². The van der Waals surface area contributed by atoms with Crippen molar-refractivity contribution in [1.29, 1.82) is 0 Å². The SMILES string of the molecule is COc1ccccc1Cn1c(=O)c(C(=O)N2CCN(Cc3ccccc3)CC2)nc2cccnc21. The van der Waals surface area contributed by atoms with E-state index in [1.54, 1.807) is 30.3 Å². The number of nitrogens with zero attached hydrogens (tertiary/aromatic N) is 5. The summed E-state index contributed by atoms with van der Waals surface area (Å²) in [6, 6.07) is 21.3. The Morgan fingerprint density at radius 3 is 2.43 bits per heavy atom. The lowest BCUT2D eigenvalue weighted by Crippen LogP contribution is -2.49. The second-order valence-corrected chi connectivity index (χ2v) is 8.56. The van der Waals surface area contributed by atoms with Crippen LogP contribution in [0.1, 0.15) is 21.6 Å². The van der Waals surface area contributed by atoms with Crippen molar-refractivity contribution in [2.45, 2.75) is 13.1 Å². The quantitative estimate of drug-likeness (QED) is 0.432. The molecule has 8 heteroatoms. The summed E-state index contributed by atoms with van der Waals surface area (Å²) in [5.41, 5.74) is 2.50. The van der Waals surface area contributed by atoms with Crippen molar-refractivity contribution in [3.8, 4) is 5.75 Å². The average Bonchev–Trinajstić information content (AvgIpc) is 2.91. The van der Waals surface area contributed by atoms with E-state index in [9.17, 15) is 9.59 Å². The van der Waals surface area contributed by atoms with Crippen LogP contribution in [0, 0.1) is 0 Å². The number of hydrogen-bond donors (Lipinski definition) is 0. The van der Waals surface area contributed by atoms with Crippen LogP contribution in [0.15, 0.2) is 77.7 Å². The molecule has 5 rings (SSSR count). The van der Waals surface area contributed by atoms with Gasteiger partial charge in [0, 0.05) is 44.5 Å². The predicted molar refractivity (Wildman–Crippen MR) is 134 cm³/mol. The fraction of sp³-hybridized carbons (Fsp3) is 0.259. The van der Waals surface area contributed by atoms with Crippen molar-refractivity contribution in [3.05, 3.63) is 100 Å². The summed E-state index contributed by atoms with van der Waals surface area (Å²) in [5.74, 6) is 0.330. The Bertz CT molecular complexity index is 1400. The van der Waals surface area contributed by atoms with Crippen LogP contribution in [-0.4, -0.2) is 63.5 Å². The molecule has 35 heavy (non-hydrogen) atoms. The first kappa shape index (κ1) is 22.7. The first-order valence-corrected chi connectivity index (χ1v) is 11.7. The molecule has 0 spiro atoms. The number of amides is 1. The number of benzene rings is 2. The second kappa shape index (κ2) is 10.1. The smallest absolute Gasteiger partial charge is 0.284 e. The zero-order valence-electron chi connectivity index (χ0n) is 19.6. The Labute approximate surface area is 203 Å². The van der Waals surface area contributed by atoms with Gasteiger partial charge in [-0.2, -0.15) is 0 Å². The zero-order chi connectivity index (χ0) is 24.2. The van der Waals surface area contributed by atoms with Crippen LogP contribution in [0.2, 0.25) is 0 Å². The second-order valence-electron chi connectivity index (χ2n) is 8.56. The molecule has 0 saturated carbocycles. The number of piperazine rings is 1. The van der Waals surface area contributed by atoms with E-state index in [0.29, 0.717) is 30.0 Å². The van der Waals surface area contributed by atoms with E-state index in [1.807, 2.05) is 42.5 Å². The van der Waals surface area contributed by atoms with Gasteiger partial charge in [0.2, 0.25) is 0 Å². The summed E-state index contributed by atoms with van der Waals surface area (Å²) in [7, 11) is 1.59. The highest BCUT2D eigenvalue weighted by atomic mass is 16.5. The molecule has 0 atom stereocenters. The summed E-state index contributed by atoms with van der Waals surface area (Å²) >= 11 is 0. The molecule has 0 radical (unpaired) electrons. The highest BCUT2D eigenvalue weighted by Gasteiger charge is 2.27. The van der Waals surface area contributed by atoms with Crippen molar-refractivity contribution >= 4 is 17.1 Å². The van der Waals surface area contributed by atoms with Gasteiger partial charge in [0.25, 0.3) is 11.5 Å². The van der Waals surface area contributed by atoms with Gasteiger partial charge in [-0.15, -0.1) is 0 Å². The summed E-state index contributed by atoms with van der Waals surface area (Å²) in [6.45, 7) is 3.64. The minimum atomic E-state index is -0.446. The fourth-order valence-corrected chi connectivity index (χ4v) is 4.47. The monoisotopic (exact) mass is 469 g/mol. The minimum absolute atomic E-state index is 0.0723. The number of aromatic nitrogens is 3. The molecule has 1 aliphatic heterocycles. The standard InChI is InChI=1S/C27H27N5O3/c1-35-23-12-6-5-10-21(23)19-32-25-22(11-7-13-28-25)29-24(27(32)34)26(33)31-16-14-30(15-17-31)18-20-8-3-2-4-9-20/h2-13H,14-19H2,1H3. The van der Waals surface area contributed by atoms with Gasteiger partial charge >= 0.3 is 0 Å². The van der Waals surface area contributed by atoms with Gasteiger partial charge in [0.05, 0.1) is 13.7 Å². The Balaban J connectivity index is 1.41. The van der Waals surface area contributed by atoms with Gasteiger partial charge in [0.15, 0.2) is 11.3 Å². The molecule has 3 heterocycles. The van der Waals surface area contributed by atoms with E-state index in [4.69, 9.17) is 4.74 Å². The third kappa shape index (κ3) is 4.79. The number of methoxy groups -OCH3 is 1. The first-order valence-electron chi connectivity index (χ1n) is 11.7. The number of fused-ring (bicyclic) bond motifs is 1. The first-order chi connectivity index (χ1) is 17.1. The molecule has 8 nitrogen and oxygen atoms in total. The fourth-order valence-electron chi connectivity index (χ4n) is 4.47. The molecule has 1 fully saturated rings. The van der Waals surface area contributed by atoms with Crippen molar-refractivity contribution in [1.82, 2.24) is 24.3 Å². The van der Waals surface area contributed by atoms with Crippen molar-refractivity contribution in [2.75, 3.05) is 33.3 Å². The van der Waals surface area contributed by atoms with Crippen LogP contribution in [0.5, 0.6) is 5.75 Å². The molecule has 0 aliphatic carbocycles. The highest BCUT2D eigenvalue weighted by Crippen LogP contribution is 2.20. The van der Waals surface area contributed by atoms with E-state index in [2.05, 4.69) is 27.0 Å². The van der Waals surface area contributed by atoms with Crippen LogP contribution in [0.3, 0.4) is 0 Å². The van der Waals surface area contributed by atoms with Gasteiger partial charge in [-0.3, -0.25) is 19.1 Å². The maximum atomic E-state index is 13.5. The molecule has 1 amide bonds. The van der Waals surface area contributed by atoms with Crippen molar-refractivity contribution < 1.29 is 9.53 Å². The van der Waals surface area contributed by atoms with E-state index < -0.39 is 5.56 Å². The van der Waals surface area contributed by atoms with Gasteiger partial charge in [0.1, 0.15) is 11.3 Å². The van der Waals surface area contributed by atoms with Crippen LogP contribution >= 0.6 is 0 Å². The number of pyridine rings is 1. The third-order valence-corrected chi connectivity index (χ3v) is 6.33.